The molecule has 0 saturated carbocycles. The topological polar surface area (TPSA) is 43.9 Å². The fraction of sp³-hybridized carbons (Fsp3) is 0.517. The van der Waals surface area contributed by atoms with Crippen LogP contribution in [0.5, 0.6) is 0 Å². The fourth-order valence-electron chi connectivity index (χ4n) is 5.11. The van der Waals surface area contributed by atoms with Crippen molar-refractivity contribution in [2.24, 2.45) is 5.92 Å². The first-order chi connectivity index (χ1) is 16.9. The number of carbonyl (C=O) groups excluding carboxylic acids is 2. The molecule has 1 aliphatic heterocycles. The van der Waals surface area contributed by atoms with E-state index in [1.165, 1.54) is 6.07 Å². The molecule has 1 fully saturated rings. The molecule has 1 unspecified atom stereocenters. The number of halogens is 1. The van der Waals surface area contributed by atoms with E-state index in [-0.39, 0.29) is 35.9 Å². The van der Waals surface area contributed by atoms with Gasteiger partial charge in [0.05, 0.1) is 18.2 Å². The van der Waals surface area contributed by atoms with Crippen LogP contribution in [0.25, 0.3) is 0 Å². The number of amides is 1. The van der Waals surface area contributed by atoms with Gasteiger partial charge in [-0.2, -0.15) is 0 Å². The van der Waals surface area contributed by atoms with Crippen molar-refractivity contribution in [1.82, 2.24) is 9.80 Å². The van der Waals surface area contributed by atoms with Gasteiger partial charge in [-0.15, -0.1) is 0 Å². The molecular formula is C29H40FN3O2. The van der Waals surface area contributed by atoms with Crippen molar-refractivity contribution >= 4 is 17.4 Å². The highest BCUT2D eigenvalue weighted by atomic mass is 19.1. The van der Waals surface area contributed by atoms with Gasteiger partial charge >= 0.3 is 0 Å². The summed E-state index contributed by atoms with van der Waals surface area (Å²) in [5.74, 6) is 0.0474. The van der Waals surface area contributed by atoms with Crippen molar-refractivity contribution in [3.63, 3.8) is 0 Å². The summed E-state index contributed by atoms with van der Waals surface area (Å²) in [6.45, 7) is 12.0. The van der Waals surface area contributed by atoms with Gasteiger partial charge in [-0.1, -0.05) is 50.2 Å². The first-order valence-corrected chi connectivity index (χ1v) is 13.1. The summed E-state index contributed by atoms with van der Waals surface area (Å²) in [5.41, 5.74) is 2.29. The number of Topliss-reactive ketones (excluding diaryl/α,β-unsaturated/α-hetero) is 1. The maximum atomic E-state index is 15.1. The molecule has 0 aromatic heterocycles. The molecule has 1 atom stereocenters. The SMILES string of the molecule is CCC(CC)C(=O)C(c1ccccc1)N1CCN(c2ccc(CC(=O)N(CC)CC)cc2F)CC1. The number of ketones is 1. The number of carbonyl (C=O) groups is 2. The first kappa shape index (κ1) is 26.9. The molecule has 3 rings (SSSR count). The predicted octanol–water partition coefficient (Wildman–Crippen LogP) is 5.11. The molecule has 0 radical (unpaired) electrons. The Morgan fingerprint density at radius 3 is 2.09 bits per heavy atom. The van der Waals surface area contributed by atoms with Crippen molar-refractivity contribution in [1.29, 1.82) is 0 Å². The Morgan fingerprint density at radius 2 is 1.54 bits per heavy atom. The van der Waals surface area contributed by atoms with Gasteiger partial charge in [0.1, 0.15) is 5.82 Å². The van der Waals surface area contributed by atoms with E-state index in [9.17, 15) is 9.59 Å². The van der Waals surface area contributed by atoms with Crippen LogP contribution in [-0.4, -0.2) is 60.8 Å². The summed E-state index contributed by atoms with van der Waals surface area (Å²) >= 11 is 0. The third-order valence-corrected chi connectivity index (χ3v) is 7.28. The second-order valence-electron chi connectivity index (χ2n) is 9.28. The Balaban J connectivity index is 1.71. The van der Waals surface area contributed by atoms with E-state index in [4.69, 9.17) is 0 Å². The van der Waals surface area contributed by atoms with E-state index in [1.807, 2.05) is 55.1 Å². The summed E-state index contributed by atoms with van der Waals surface area (Å²) in [6, 6.07) is 14.9. The second-order valence-corrected chi connectivity index (χ2v) is 9.28. The lowest BCUT2D eigenvalue weighted by molar-refractivity contribution is -0.130. The van der Waals surface area contributed by atoms with Crippen LogP contribution >= 0.6 is 0 Å². The Kier molecular flexibility index (Phi) is 9.84. The van der Waals surface area contributed by atoms with Crippen molar-refractivity contribution in [3.8, 4) is 0 Å². The third-order valence-electron chi connectivity index (χ3n) is 7.28. The van der Waals surface area contributed by atoms with Gasteiger partial charge in [0.2, 0.25) is 5.91 Å². The minimum Gasteiger partial charge on any atom is -0.367 e. The number of benzene rings is 2. The maximum absolute atomic E-state index is 15.1. The lowest BCUT2D eigenvalue weighted by Gasteiger charge is -2.40. The standard InChI is InChI=1S/C29H40FN3O2/c1-5-23(6-2)29(35)28(24-12-10-9-11-13-24)33-18-16-32(17-19-33)26-15-14-22(20-25(26)30)21-27(34)31(7-3)8-4/h9-15,20,23,28H,5-8,16-19,21H2,1-4H3. The highest BCUT2D eigenvalue weighted by molar-refractivity contribution is 5.87. The monoisotopic (exact) mass is 481 g/mol. The minimum absolute atomic E-state index is 0.0184. The molecular weight excluding hydrogens is 441 g/mol. The van der Waals surface area contributed by atoms with Crippen LogP contribution in [0.2, 0.25) is 0 Å². The van der Waals surface area contributed by atoms with Crippen LogP contribution in [0.3, 0.4) is 0 Å². The average Bonchev–Trinajstić information content (AvgIpc) is 2.87. The normalized spacial score (nSPS) is 15.3. The van der Waals surface area contributed by atoms with Crippen LogP contribution in [0.4, 0.5) is 10.1 Å². The zero-order valence-corrected chi connectivity index (χ0v) is 21.7. The van der Waals surface area contributed by atoms with Crippen LogP contribution in [0.1, 0.15) is 57.7 Å². The molecule has 0 aliphatic carbocycles. The summed E-state index contributed by atoms with van der Waals surface area (Å²) in [4.78, 5) is 31.9. The van der Waals surface area contributed by atoms with Crippen LogP contribution in [0, 0.1) is 11.7 Å². The largest absolute Gasteiger partial charge is 0.367 e. The molecule has 1 aliphatic rings. The Labute approximate surface area is 209 Å². The number of hydrogen-bond donors (Lipinski definition) is 0. The average molecular weight is 482 g/mol. The van der Waals surface area contributed by atoms with Crippen molar-refractivity contribution in [2.45, 2.75) is 53.0 Å². The van der Waals surface area contributed by atoms with Gasteiger partial charge in [0.25, 0.3) is 0 Å². The van der Waals surface area contributed by atoms with E-state index >= 15 is 4.39 Å². The van der Waals surface area contributed by atoms with E-state index in [0.717, 1.165) is 18.4 Å². The molecule has 0 spiro atoms. The molecule has 2 aromatic rings. The molecule has 1 saturated heterocycles. The molecule has 5 nitrogen and oxygen atoms in total. The Hall–Kier alpha value is -2.73. The quantitative estimate of drug-likeness (QED) is 0.448. The first-order valence-electron chi connectivity index (χ1n) is 13.1. The van der Waals surface area contributed by atoms with Crippen molar-refractivity contribution < 1.29 is 14.0 Å². The summed E-state index contributed by atoms with van der Waals surface area (Å²) < 4.78 is 15.1. The number of anilines is 1. The van der Waals surface area contributed by atoms with Gasteiger partial charge < -0.3 is 9.80 Å². The Morgan fingerprint density at radius 1 is 0.914 bits per heavy atom. The lowest BCUT2D eigenvalue weighted by atomic mass is 9.88. The van der Waals surface area contributed by atoms with Crippen LogP contribution < -0.4 is 4.90 Å². The molecule has 1 heterocycles. The van der Waals surface area contributed by atoms with Gasteiger partial charge in [0.15, 0.2) is 5.78 Å². The van der Waals surface area contributed by atoms with Crippen LogP contribution in [0.15, 0.2) is 48.5 Å². The van der Waals surface area contributed by atoms with E-state index in [0.29, 0.717) is 50.5 Å². The number of rotatable bonds is 11. The zero-order chi connectivity index (χ0) is 25.4. The van der Waals surface area contributed by atoms with E-state index in [1.54, 1.807) is 11.0 Å². The number of likely N-dealkylation sites (N-methyl/N-ethyl adjacent to an activating group) is 1. The number of nitrogens with zero attached hydrogens (tertiary/aromatic N) is 3. The highest BCUT2D eigenvalue weighted by Gasteiger charge is 2.33. The molecule has 2 aromatic carbocycles. The summed E-state index contributed by atoms with van der Waals surface area (Å²) in [5, 5.41) is 0. The smallest absolute Gasteiger partial charge is 0.226 e. The van der Waals surface area contributed by atoms with Gasteiger partial charge in [-0.25, -0.2) is 4.39 Å². The molecule has 190 valence electrons. The van der Waals surface area contributed by atoms with Crippen molar-refractivity contribution in [2.75, 3.05) is 44.2 Å². The molecule has 1 amide bonds. The second kappa shape index (κ2) is 12.8. The lowest BCUT2D eigenvalue weighted by Crippen LogP contribution is -2.50. The number of hydrogen-bond acceptors (Lipinski definition) is 4. The summed E-state index contributed by atoms with van der Waals surface area (Å²) in [6.07, 6.45) is 1.89. The van der Waals surface area contributed by atoms with Gasteiger partial charge in [0, 0.05) is 45.2 Å². The molecule has 6 heteroatoms. The van der Waals surface area contributed by atoms with E-state index in [2.05, 4.69) is 18.7 Å². The third kappa shape index (κ3) is 6.49. The molecule has 0 N–H and O–H groups in total. The van der Waals surface area contributed by atoms with Gasteiger partial charge in [-0.3, -0.25) is 14.5 Å². The minimum atomic E-state index is -0.295. The predicted molar refractivity (Wildman–Crippen MR) is 140 cm³/mol. The van der Waals surface area contributed by atoms with Crippen LogP contribution in [-0.2, 0) is 16.0 Å². The maximum Gasteiger partial charge on any atom is 0.226 e. The van der Waals surface area contributed by atoms with E-state index < -0.39 is 0 Å². The van der Waals surface area contributed by atoms with Crippen molar-refractivity contribution in [3.05, 3.63) is 65.5 Å². The fourth-order valence-corrected chi connectivity index (χ4v) is 5.11. The molecule has 0 bridgehead atoms. The highest BCUT2D eigenvalue weighted by Crippen LogP contribution is 2.30. The van der Waals surface area contributed by atoms with Gasteiger partial charge in [-0.05, 0) is 49.9 Å². The summed E-state index contributed by atoms with van der Waals surface area (Å²) in [7, 11) is 0. The molecule has 35 heavy (non-hydrogen) atoms. The number of piperazine rings is 1. The Bertz CT molecular complexity index is 965. The zero-order valence-electron chi connectivity index (χ0n) is 21.7.